The molecule has 3 aromatic rings. The minimum Gasteiger partial charge on any atom is -0.496 e. The van der Waals surface area contributed by atoms with Crippen LogP contribution in [0.2, 0.25) is 0 Å². The van der Waals surface area contributed by atoms with Crippen molar-refractivity contribution < 1.29 is 22.7 Å². The minimum atomic E-state index is -3.44. The van der Waals surface area contributed by atoms with Crippen LogP contribution < -0.4 is 19.7 Å². The second-order valence-corrected chi connectivity index (χ2v) is 16.9. The third-order valence-corrected chi connectivity index (χ3v) is 12.2. The Labute approximate surface area is 288 Å². The van der Waals surface area contributed by atoms with E-state index in [1.165, 1.54) is 29.0 Å². The first-order valence-electron chi connectivity index (χ1n) is 17.3. The predicted molar refractivity (Wildman–Crippen MR) is 191 cm³/mol. The van der Waals surface area contributed by atoms with Crippen molar-refractivity contribution in [1.82, 2.24) is 15.0 Å². The van der Waals surface area contributed by atoms with Gasteiger partial charge in [0.2, 0.25) is 21.8 Å². The average Bonchev–Trinajstić information content (AvgIpc) is 3.82. The van der Waals surface area contributed by atoms with E-state index in [2.05, 4.69) is 64.3 Å². The zero-order chi connectivity index (χ0) is 33.8. The molecule has 0 aliphatic heterocycles. The highest BCUT2D eigenvalue weighted by Gasteiger charge is 2.33. The first kappa shape index (κ1) is 34.6. The number of hydrogen-bond acceptors (Lipinski definition) is 7. The standard InChI is InChI=1S/C37H48N4O5S2/c1-24-19-29(15-18-33(24)46-2)26-9-7-25(8-10-26)23-41(32-6-4-5-30(20-32)34-21-38-36(47-34)27-11-12-27)37(43)28-13-16-31(17-14-28)40-35(42)22-39-48(3,44)45/h4-6,15,18-21,25-28,31,39H,7-14,16-17,22-23H2,1-3H3,(H,40,42)/t25-,26-,28-,31-. The molecule has 258 valence electrons. The molecule has 3 aliphatic carbocycles. The van der Waals surface area contributed by atoms with Crippen molar-refractivity contribution >= 4 is 38.9 Å². The molecular formula is C37H48N4O5S2. The lowest BCUT2D eigenvalue weighted by atomic mass is 9.78. The summed E-state index contributed by atoms with van der Waals surface area (Å²) in [7, 11) is -1.73. The molecule has 1 aromatic heterocycles. The van der Waals surface area contributed by atoms with E-state index >= 15 is 0 Å². The highest BCUT2D eigenvalue weighted by Crippen LogP contribution is 2.44. The summed E-state index contributed by atoms with van der Waals surface area (Å²) in [6.45, 7) is 2.52. The van der Waals surface area contributed by atoms with E-state index in [0.29, 0.717) is 50.0 Å². The molecule has 0 radical (unpaired) electrons. The van der Waals surface area contributed by atoms with Crippen LogP contribution in [0.5, 0.6) is 5.75 Å². The molecule has 0 saturated heterocycles. The van der Waals surface area contributed by atoms with E-state index in [1.807, 2.05) is 6.20 Å². The molecule has 2 aromatic carbocycles. The predicted octanol–water partition coefficient (Wildman–Crippen LogP) is 6.54. The number of nitrogens with zero attached hydrogens (tertiary/aromatic N) is 2. The van der Waals surface area contributed by atoms with Crippen LogP contribution in [-0.4, -0.2) is 57.7 Å². The first-order chi connectivity index (χ1) is 23.1. The fourth-order valence-electron chi connectivity index (χ4n) is 7.36. The number of amides is 2. The van der Waals surface area contributed by atoms with Crippen LogP contribution in [0.25, 0.3) is 10.4 Å². The number of benzene rings is 2. The van der Waals surface area contributed by atoms with Gasteiger partial charge in [-0.25, -0.2) is 18.1 Å². The normalized spacial score (nSPS) is 23.0. The van der Waals surface area contributed by atoms with Gasteiger partial charge in [0.25, 0.3) is 0 Å². The van der Waals surface area contributed by atoms with Gasteiger partial charge in [-0.05, 0) is 118 Å². The Morgan fingerprint density at radius 1 is 0.958 bits per heavy atom. The molecule has 0 bridgehead atoms. The van der Waals surface area contributed by atoms with Gasteiger partial charge in [0.15, 0.2) is 0 Å². The van der Waals surface area contributed by atoms with Gasteiger partial charge in [-0.2, -0.15) is 0 Å². The maximum atomic E-state index is 14.4. The van der Waals surface area contributed by atoms with E-state index in [0.717, 1.165) is 53.8 Å². The number of aryl methyl sites for hydroxylation is 1. The second-order valence-electron chi connectivity index (χ2n) is 14.0. The molecular weight excluding hydrogens is 645 g/mol. The minimum absolute atomic E-state index is 0.0662. The number of rotatable bonds is 12. The average molecular weight is 693 g/mol. The molecule has 11 heteroatoms. The smallest absolute Gasteiger partial charge is 0.235 e. The van der Waals surface area contributed by atoms with Gasteiger partial charge in [-0.15, -0.1) is 11.3 Å². The van der Waals surface area contributed by atoms with Gasteiger partial charge in [0, 0.05) is 36.3 Å². The second kappa shape index (κ2) is 15.1. The Morgan fingerprint density at radius 2 is 1.69 bits per heavy atom. The Hall–Kier alpha value is -3.28. The lowest BCUT2D eigenvalue weighted by Crippen LogP contribution is -2.46. The Bertz CT molecular complexity index is 1700. The maximum Gasteiger partial charge on any atom is 0.235 e. The van der Waals surface area contributed by atoms with Crippen LogP contribution in [-0.2, 0) is 19.6 Å². The van der Waals surface area contributed by atoms with Gasteiger partial charge in [-0.3, -0.25) is 9.59 Å². The van der Waals surface area contributed by atoms with E-state index in [9.17, 15) is 18.0 Å². The molecule has 0 unspecified atom stereocenters. The van der Waals surface area contributed by atoms with Crippen LogP contribution in [0.4, 0.5) is 5.69 Å². The van der Waals surface area contributed by atoms with Gasteiger partial charge < -0.3 is 15.0 Å². The lowest BCUT2D eigenvalue weighted by Gasteiger charge is -2.36. The van der Waals surface area contributed by atoms with Gasteiger partial charge in [0.1, 0.15) is 5.75 Å². The molecule has 3 fully saturated rings. The largest absolute Gasteiger partial charge is 0.496 e. The zero-order valence-corrected chi connectivity index (χ0v) is 29.9. The molecule has 0 spiro atoms. The number of methoxy groups -OCH3 is 1. The summed E-state index contributed by atoms with van der Waals surface area (Å²) in [6.07, 6.45) is 12.5. The highest BCUT2D eigenvalue weighted by molar-refractivity contribution is 7.88. The highest BCUT2D eigenvalue weighted by atomic mass is 32.2. The third-order valence-electron chi connectivity index (χ3n) is 10.3. The van der Waals surface area contributed by atoms with Gasteiger partial charge in [0.05, 0.1) is 29.8 Å². The summed E-state index contributed by atoms with van der Waals surface area (Å²) in [6, 6.07) is 14.9. The molecule has 48 heavy (non-hydrogen) atoms. The van der Waals surface area contributed by atoms with Crippen molar-refractivity contribution in [2.24, 2.45) is 11.8 Å². The van der Waals surface area contributed by atoms with E-state index in [4.69, 9.17) is 9.72 Å². The molecule has 2 amide bonds. The fraction of sp³-hybridized carbons (Fsp3) is 0.541. The lowest BCUT2D eigenvalue weighted by molar-refractivity contribution is -0.123. The topological polar surface area (TPSA) is 118 Å². The van der Waals surface area contributed by atoms with Crippen LogP contribution in [0.3, 0.4) is 0 Å². The summed E-state index contributed by atoms with van der Waals surface area (Å²) in [4.78, 5) is 34.6. The van der Waals surface area contributed by atoms with E-state index in [-0.39, 0.29) is 30.3 Å². The molecule has 2 N–H and O–H groups in total. The molecule has 3 aliphatic rings. The van der Waals surface area contributed by atoms with Crippen molar-refractivity contribution in [3.63, 3.8) is 0 Å². The fourth-order valence-corrected chi connectivity index (χ4v) is 8.84. The van der Waals surface area contributed by atoms with Crippen molar-refractivity contribution in [3.8, 4) is 16.2 Å². The molecule has 6 rings (SSSR count). The summed E-state index contributed by atoms with van der Waals surface area (Å²) in [5.41, 5.74) is 4.58. The molecule has 1 heterocycles. The number of carbonyl (C=O) groups is 2. The van der Waals surface area contributed by atoms with Gasteiger partial charge >= 0.3 is 0 Å². The van der Waals surface area contributed by atoms with E-state index < -0.39 is 10.0 Å². The number of thiazole rings is 1. The van der Waals surface area contributed by atoms with Crippen molar-refractivity contribution in [2.75, 3.05) is 31.4 Å². The van der Waals surface area contributed by atoms with Gasteiger partial charge in [-0.1, -0.05) is 24.3 Å². The summed E-state index contributed by atoms with van der Waals surface area (Å²) < 4.78 is 30.5. The SMILES string of the molecule is COc1ccc([C@H]2CC[C@H](CN(c3cccc(-c4cnc(C5CC5)s4)c3)C(=O)[C@H]3CC[C@H](NC(=O)CNS(C)(=O)=O)CC3)CC2)cc1C. The number of nitrogens with one attached hydrogen (secondary N) is 2. The third kappa shape index (κ3) is 8.84. The molecule has 0 atom stereocenters. The number of anilines is 1. The van der Waals surface area contributed by atoms with Crippen molar-refractivity contribution in [3.05, 3.63) is 64.8 Å². The van der Waals surface area contributed by atoms with Crippen LogP contribution in [0.15, 0.2) is 48.7 Å². The summed E-state index contributed by atoms with van der Waals surface area (Å²) in [5.74, 6) is 2.15. The summed E-state index contributed by atoms with van der Waals surface area (Å²) >= 11 is 1.77. The van der Waals surface area contributed by atoms with Crippen LogP contribution in [0, 0.1) is 18.8 Å². The number of aromatic nitrogens is 1. The first-order valence-corrected chi connectivity index (χ1v) is 20.0. The van der Waals surface area contributed by atoms with Crippen LogP contribution in [0.1, 0.15) is 92.2 Å². The quantitative estimate of drug-likeness (QED) is 0.223. The zero-order valence-electron chi connectivity index (χ0n) is 28.2. The Balaban J connectivity index is 1.14. The number of sulfonamides is 1. The van der Waals surface area contributed by atoms with Crippen molar-refractivity contribution in [2.45, 2.75) is 89.0 Å². The van der Waals surface area contributed by atoms with Crippen LogP contribution >= 0.6 is 11.3 Å². The number of ether oxygens (including phenoxy) is 1. The number of carbonyl (C=O) groups excluding carboxylic acids is 2. The Morgan fingerprint density at radius 3 is 2.35 bits per heavy atom. The molecule has 9 nitrogen and oxygen atoms in total. The monoisotopic (exact) mass is 692 g/mol. The number of hydrogen-bond donors (Lipinski definition) is 2. The molecule has 3 saturated carbocycles. The summed E-state index contributed by atoms with van der Waals surface area (Å²) in [5, 5.41) is 4.15. The Kier molecular flexibility index (Phi) is 10.9. The maximum absolute atomic E-state index is 14.4. The van der Waals surface area contributed by atoms with E-state index in [1.54, 1.807) is 18.4 Å². The van der Waals surface area contributed by atoms with Crippen molar-refractivity contribution in [1.29, 1.82) is 0 Å².